The number of likely N-dealkylation sites (tertiary alicyclic amines) is 1. The lowest BCUT2D eigenvalue weighted by atomic mass is 9.70. The zero-order valence-electron chi connectivity index (χ0n) is 19.1. The van der Waals surface area contributed by atoms with Gasteiger partial charge in [-0.25, -0.2) is 4.79 Å². The number of hydrogen-bond acceptors (Lipinski definition) is 4. The van der Waals surface area contributed by atoms with Crippen LogP contribution in [0, 0.1) is 5.41 Å². The van der Waals surface area contributed by atoms with Gasteiger partial charge in [0.05, 0.1) is 0 Å². The molecule has 0 unspecified atom stereocenters. The smallest absolute Gasteiger partial charge is 0.329 e. The fraction of sp³-hybridized carbons (Fsp3) is 0.560. The van der Waals surface area contributed by atoms with Crippen LogP contribution >= 0.6 is 0 Å². The van der Waals surface area contributed by atoms with Gasteiger partial charge in [0.15, 0.2) is 0 Å². The van der Waals surface area contributed by atoms with Crippen molar-refractivity contribution in [3.8, 4) is 0 Å². The third kappa shape index (κ3) is 3.17. The summed E-state index contributed by atoms with van der Waals surface area (Å²) in [5.74, 6) is -0.191. The molecule has 1 aromatic carbocycles. The third-order valence-electron chi connectivity index (χ3n) is 8.28. The molecule has 3 heterocycles. The minimum Gasteiger partial charge on any atom is -0.329 e. The first-order valence-corrected chi connectivity index (χ1v) is 11.7. The number of carbonyl (C=O) groups excluding carboxylic acids is 1. The van der Waals surface area contributed by atoms with E-state index in [1.54, 1.807) is 7.05 Å². The maximum atomic E-state index is 14.0. The van der Waals surface area contributed by atoms with Gasteiger partial charge in [-0.2, -0.15) is 0 Å². The molecule has 32 heavy (non-hydrogen) atoms. The highest BCUT2D eigenvalue weighted by Crippen LogP contribution is 2.52. The SMILES string of the molecule is Cn1c(C(=O)N2[C@H]3CCCC[C@H]4N[C@@H](Cc5ccccc5)[C@@H]2C[C@@]34C)cc(=O)n(C)c1=O. The fourth-order valence-corrected chi connectivity index (χ4v) is 6.50. The molecule has 5 rings (SSSR count). The van der Waals surface area contributed by atoms with Gasteiger partial charge in [0, 0.05) is 49.7 Å². The van der Waals surface area contributed by atoms with E-state index in [9.17, 15) is 14.4 Å². The maximum absolute atomic E-state index is 14.0. The van der Waals surface area contributed by atoms with Crippen LogP contribution in [0.4, 0.5) is 0 Å². The largest absolute Gasteiger partial charge is 0.331 e. The molecule has 3 fully saturated rings. The summed E-state index contributed by atoms with van der Waals surface area (Å²) in [6, 6.07) is 12.4. The van der Waals surface area contributed by atoms with Gasteiger partial charge in [-0.3, -0.25) is 18.7 Å². The second-order valence-electron chi connectivity index (χ2n) is 10.1. The first-order valence-electron chi connectivity index (χ1n) is 11.7. The molecule has 3 aliphatic rings. The second kappa shape index (κ2) is 7.73. The molecular weight excluding hydrogens is 404 g/mol. The number of aromatic nitrogens is 2. The number of piperidine rings is 1. The molecule has 1 aromatic heterocycles. The predicted molar refractivity (Wildman–Crippen MR) is 123 cm³/mol. The Balaban J connectivity index is 1.58. The Hall–Kier alpha value is -2.67. The Kier molecular flexibility index (Phi) is 5.12. The molecule has 0 spiro atoms. The highest BCUT2D eigenvalue weighted by atomic mass is 16.2. The summed E-state index contributed by atoms with van der Waals surface area (Å²) in [6.45, 7) is 2.32. The Morgan fingerprint density at radius 2 is 1.81 bits per heavy atom. The minimum absolute atomic E-state index is 0.00260. The molecule has 2 aliphatic heterocycles. The van der Waals surface area contributed by atoms with Crippen LogP contribution in [0.2, 0.25) is 0 Å². The van der Waals surface area contributed by atoms with Crippen LogP contribution in [-0.4, -0.2) is 44.1 Å². The van der Waals surface area contributed by atoms with Crippen molar-refractivity contribution in [2.75, 3.05) is 0 Å². The number of rotatable bonds is 3. The summed E-state index contributed by atoms with van der Waals surface area (Å²) in [7, 11) is 3.02. The van der Waals surface area contributed by atoms with Gasteiger partial charge in [0.1, 0.15) is 5.69 Å². The number of nitrogens with zero attached hydrogens (tertiary/aromatic N) is 3. The molecule has 7 nitrogen and oxygen atoms in total. The lowest BCUT2D eigenvalue weighted by Gasteiger charge is -2.43. The van der Waals surface area contributed by atoms with E-state index >= 15 is 0 Å². The molecule has 1 N–H and O–H groups in total. The molecule has 5 atom stereocenters. The summed E-state index contributed by atoms with van der Waals surface area (Å²) < 4.78 is 2.37. The summed E-state index contributed by atoms with van der Waals surface area (Å²) in [5.41, 5.74) is 0.534. The topological polar surface area (TPSA) is 76.3 Å². The monoisotopic (exact) mass is 436 g/mol. The van der Waals surface area contributed by atoms with E-state index in [0.29, 0.717) is 6.04 Å². The number of fused-ring (bicyclic) bond motifs is 1. The van der Waals surface area contributed by atoms with Crippen molar-refractivity contribution in [1.82, 2.24) is 19.4 Å². The zero-order valence-corrected chi connectivity index (χ0v) is 19.1. The Morgan fingerprint density at radius 3 is 2.56 bits per heavy atom. The van der Waals surface area contributed by atoms with Crippen molar-refractivity contribution in [3.05, 3.63) is 68.5 Å². The summed E-state index contributed by atoms with van der Waals surface area (Å²) >= 11 is 0. The van der Waals surface area contributed by atoms with Crippen molar-refractivity contribution in [2.45, 2.75) is 69.6 Å². The Bertz CT molecular complexity index is 1150. The van der Waals surface area contributed by atoms with Crippen LogP contribution < -0.4 is 16.6 Å². The van der Waals surface area contributed by atoms with Gasteiger partial charge >= 0.3 is 5.69 Å². The molecule has 1 aliphatic carbocycles. The number of amides is 1. The van der Waals surface area contributed by atoms with Gasteiger partial charge < -0.3 is 10.2 Å². The first-order chi connectivity index (χ1) is 15.3. The van der Waals surface area contributed by atoms with E-state index in [1.165, 1.54) is 23.2 Å². The van der Waals surface area contributed by atoms with Gasteiger partial charge in [-0.05, 0) is 31.2 Å². The number of benzene rings is 1. The van der Waals surface area contributed by atoms with Gasteiger partial charge in [-0.15, -0.1) is 0 Å². The molecule has 2 bridgehead atoms. The number of nitrogens with one attached hydrogen (secondary N) is 1. The number of carbonyl (C=O) groups is 1. The fourth-order valence-electron chi connectivity index (χ4n) is 6.50. The van der Waals surface area contributed by atoms with Crippen LogP contribution in [0.3, 0.4) is 0 Å². The molecule has 0 radical (unpaired) electrons. The quantitative estimate of drug-likeness (QED) is 0.797. The van der Waals surface area contributed by atoms with E-state index in [2.05, 4.69) is 36.5 Å². The highest BCUT2D eigenvalue weighted by Gasteiger charge is 2.60. The van der Waals surface area contributed by atoms with E-state index in [-0.39, 0.29) is 35.1 Å². The van der Waals surface area contributed by atoms with Crippen molar-refractivity contribution >= 4 is 5.91 Å². The molecule has 2 saturated heterocycles. The number of hydrogen-bond donors (Lipinski definition) is 1. The molecule has 1 saturated carbocycles. The molecular formula is C25H32N4O3. The molecule has 170 valence electrons. The zero-order chi connectivity index (χ0) is 22.6. The summed E-state index contributed by atoms with van der Waals surface area (Å²) in [4.78, 5) is 40.9. The molecule has 2 aromatic rings. The van der Waals surface area contributed by atoms with Crippen molar-refractivity contribution in [1.29, 1.82) is 0 Å². The lowest BCUT2D eigenvalue weighted by molar-refractivity contribution is 0.0599. The second-order valence-corrected chi connectivity index (χ2v) is 10.1. The standard InChI is InChI=1S/C25H32N4O3/c1-25-15-19-17(13-16-9-5-4-6-10-16)26-20(25)11-7-8-12-21(25)29(19)23(31)18-14-22(30)28(3)24(32)27(18)2/h4-6,9-10,14,17,19-21,26H,7-8,11-13,15H2,1-3H3/t17-,19-,20+,21-,25+/m0/s1. The first kappa shape index (κ1) is 21.2. The Labute approximate surface area is 188 Å². The van der Waals surface area contributed by atoms with Crippen molar-refractivity contribution < 1.29 is 4.79 Å². The van der Waals surface area contributed by atoms with Gasteiger partial charge in [0.2, 0.25) is 0 Å². The molecule has 7 heteroatoms. The van der Waals surface area contributed by atoms with E-state index in [4.69, 9.17) is 0 Å². The highest BCUT2D eigenvalue weighted by molar-refractivity contribution is 5.93. The van der Waals surface area contributed by atoms with Crippen LogP contribution in [0.1, 0.15) is 55.1 Å². The predicted octanol–water partition coefficient (Wildman–Crippen LogP) is 1.83. The van der Waals surface area contributed by atoms with Crippen LogP contribution in [0.5, 0.6) is 0 Å². The van der Waals surface area contributed by atoms with E-state index in [1.807, 2.05) is 11.0 Å². The molecule has 1 amide bonds. The van der Waals surface area contributed by atoms with Crippen molar-refractivity contribution in [2.24, 2.45) is 19.5 Å². The summed E-state index contributed by atoms with van der Waals surface area (Å²) in [6.07, 6.45) is 6.14. The minimum atomic E-state index is -0.466. The van der Waals surface area contributed by atoms with E-state index in [0.717, 1.165) is 43.1 Å². The lowest BCUT2D eigenvalue weighted by Crippen LogP contribution is -2.57. The normalized spacial score (nSPS) is 31.4. The average molecular weight is 437 g/mol. The van der Waals surface area contributed by atoms with Crippen LogP contribution in [0.25, 0.3) is 0 Å². The average Bonchev–Trinajstić information content (AvgIpc) is 2.94. The maximum Gasteiger partial charge on any atom is 0.331 e. The van der Waals surface area contributed by atoms with Gasteiger partial charge in [-0.1, -0.05) is 50.1 Å². The van der Waals surface area contributed by atoms with E-state index < -0.39 is 11.2 Å². The third-order valence-corrected chi connectivity index (χ3v) is 8.28. The summed E-state index contributed by atoms with van der Waals surface area (Å²) in [5, 5.41) is 3.93. The van der Waals surface area contributed by atoms with Gasteiger partial charge in [0.25, 0.3) is 11.5 Å². The van der Waals surface area contributed by atoms with Crippen LogP contribution in [0.15, 0.2) is 46.0 Å². The Morgan fingerprint density at radius 1 is 1.09 bits per heavy atom. The van der Waals surface area contributed by atoms with Crippen molar-refractivity contribution in [3.63, 3.8) is 0 Å². The van der Waals surface area contributed by atoms with Crippen LogP contribution in [-0.2, 0) is 20.5 Å².